The maximum atomic E-state index is 10.8. The standard InChI is InChI=1S/C7H8N4O4/c1-9(11(15)8-12)6-2-4-7(5-3-6)10(13)14/h2-5,12H,1H3/b11-8-. The summed E-state index contributed by atoms with van der Waals surface area (Å²) < 4.78 is 0. The molecule has 15 heavy (non-hydrogen) atoms. The van der Waals surface area contributed by atoms with Gasteiger partial charge in [0.05, 0.1) is 16.9 Å². The molecule has 0 aliphatic heterocycles. The first kappa shape index (κ1) is 10.7. The van der Waals surface area contributed by atoms with Crippen LogP contribution >= 0.6 is 0 Å². The predicted octanol–water partition coefficient (Wildman–Crippen LogP) is 1.30. The van der Waals surface area contributed by atoms with Gasteiger partial charge < -0.3 is 10.4 Å². The van der Waals surface area contributed by atoms with Crippen molar-refractivity contribution in [3.63, 3.8) is 0 Å². The van der Waals surface area contributed by atoms with E-state index >= 15 is 0 Å². The van der Waals surface area contributed by atoms with E-state index < -0.39 is 4.92 Å². The third kappa shape index (κ3) is 2.30. The largest absolute Gasteiger partial charge is 0.569 e. The van der Waals surface area contributed by atoms with Crippen LogP contribution in [0.2, 0.25) is 0 Å². The van der Waals surface area contributed by atoms with Gasteiger partial charge in [-0.1, -0.05) is 0 Å². The molecule has 0 fully saturated rings. The van der Waals surface area contributed by atoms with E-state index in [9.17, 15) is 15.3 Å². The van der Waals surface area contributed by atoms with Gasteiger partial charge in [-0.15, -0.1) is 5.01 Å². The highest BCUT2D eigenvalue weighted by atomic mass is 16.6. The highest BCUT2D eigenvalue weighted by Crippen LogP contribution is 2.18. The number of nitrogens with zero attached hydrogens (tertiary/aromatic N) is 4. The van der Waals surface area contributed by atoms with Crippen molar-refractivity contribution in [2.24, 2.45) is 5.28 Å². The lowest BCUT2D eigenvalue weighted by atomic mass is 10.3. The van der Waals surface area contributed by atoms with Gasteiger partial charge >= 0.3 is 0 Å². The van der Waals surface area contributed by atoms with E-state index in [0.29, 0.717) is 5.69 Å². The number of rotatable bonds is 3. The van der Waals surface area contributed by atoms with Crippen LogP contribution in [0, 0.1) is 15.3 Å². The molecule has 1 rings (SSSR count). The molecule has 0 heterocycles. The summed E-state index contributed by atoms with van der Waals surface area (Å²) in [4.78, 5) is 9.73. The lowest BCUT2D eigenvalue weighted by Gasteiger charge is -2.11. The molecule has 0 radical (unpaired) electrons. The maximum absolute atomic E-state index is 10.8. The van der Waals surface area contributed by atoms with Crippen LogP contribution in [-0.2, 0) is 0 Å². The Labute approximate surface area is 84.3 Å². The molecule has 8 heteroatoms. The zero-order chi connectivity index (χ0) is 11.4. The van der Waals surface area contributed by atoms with Crippen molar-refractivity contribution in [3.8, 4) is 0 Å². The summed E-state index contributed by atoms with van der Waals surface area (Å²) in [5.74, 6) is 0. The van der Waals surface area contributed by atoms with Crippen LogP contribution in [0.5, 0.6) is 0 Å². The fourth-order valence-corrected chi connectivity index (χ4v) is 0.949. The first-order chi connectivity index (χ1) is 7.06. The van der Waals surface area contributed by atoms with E-state index in [4.69, 9.17) is 5.21 Å². The Kier molecular flexibility index (Phi) is 3.01. The number of nitro benzene ring substituents is 1. The summed E-state index contributed by atoms with van der Waals surface area (Å²) >= 11 is 0. The third-order valence-corrected chi connectivity index (χ3v) is 1.77. The van der Waals surface area contributed by atoms with Gasteiger partial charge in [0, 0.05) is 12.1 Å². The molecule has 1 aromatic carbocycles. The number of anilines is 1. The van der Waals surface area contributed by atoms with Gasteiger partial charge in [0.2, 0.25) is 5.28 Å². The van der Waals surface area contributed by atoms with E-state index in [1.165, 1.54) is 31.3 Å². The Morgan fingerprint density at radius 1 is 1.33 bits per heavy atom. The number of benzene rings is 1. The second kappa shape index (κ2) is 4.22. The highest BCUT2D eigenvalue weighted by Gasteiger charge is 2.11. The molecule has 0 aromatic heterocycles. The van der Waals surface area contributed by atoms with Crippen molar-refractivity contribution in [1.82, 2.24) is 0 Å². The van der Waals surface area contributed by atoms with E-state index in [2.05, 4.69) is 5.28 Å². The van der Waals surface area contributed by atoms with Crippen molar-refractivity contribution in [3.05, 3.63) is 39.6 Å². The van der Waals surface area contributed by atoms with E-state index in [-0.39, 0.29) is 10.7 Å². The van der Waals surface area contributed by atoms with E-state index in [0.717, 1.165) is 5.01 Å². The van der Waals surface area contributed by atoms with Crippen LogP contribution in [0.4, 0.5) is 11.4 Å². The van der Waals surface area contributed by atoms with Crippen molar-refractivity contribution >= 4 is 11.4 Å². The topological polar surface area (TPSA) is 105 Å². The number of hydrogen-bond donors (Lipinski definition) is 1. The highest BCUT2D eigenvalue weighted by molar-refractivity contribution is 5.48. The molecule has 1 aromatic rings. The van der Waals surface area contributed by atoms with Crippen LogP contribution in [0.25, 0.3) is 0 Å². The molecule has 0 unspecified atom stereocenters. The molecule has 1 N–H and O–H groups in total. The first-order valence-corrected chi connectivity index (χ1v) is 3.86. The Bertz CT molecular complexity index is 388. The number of non-ortho nitro benzene ring substituents is 1. The molecular weight excluding hydrogens is 204 g/mol. The molecule has 8 nitrogen and oxygen atoms in total. The molecule has 0 saturated heterocycles. The summed E-state index contributed by atoms with van der Waals surface area (Å²) in [6, 6.07) is 5.23. The van der Waals surface area contributed by atoms with Gasteiger partial charge in [0.1, 0.15) is 5.69 Å². The summed E-state index contributed by atoms with van der Waals surface area (Å²) in [5, 5.41) is 32.7. The predicted molar refractivity (Wildman–Crippen MR) is 49.3 cm³/mol. The molecule has 0 bridgehead atoms. The minimum absolute atomic E-state index is 0.0544. The second-order valence-electron chi connectivity index (χ2n) is 2.64. The van der Waals surface area contributed by atoms with Crippen LogP contribution in [0.3, 0.4) is 0 Å². The number of nitro groups is 1. The Balaban J connectivity index is 2.94. The number of hydrazine groups is 1. The third-order valence-electron chi connectivity index (χ3n) is 1.77. The number of hydrogen-bond acceptors (Lipinski definition) is 4. The van der Waals surface area contributed by atoms with Crippen molar-refractivity contribution < 1.29 is 15.1 Å². The Morgan fingerprint density at radius 3 is 2.27 bits per heavy atom. The minimum atomic E-state index is -0.546. The summed E-state index contributed by atoms with van der Waals surface area (Å²) in [6.45, 7) is 0. The lowest BCUT2D eigenvalue weighted by Crippen LogP contribution is -2.25. The normalized spacial score (nSPS) is 11.1. The first-order valence-electron chi connectivity index (χ1n) is 3.86. The molecule has 0 aliphatic rings. The zero-order valence-electron chi connectivity index (χ0n) is 7.77. The smallest absolute Gasteiger partial charge is 0.269 e. The monoisotopic (exact) mass is 212 g/mol. The van der Waals surface area contributed by atoms with Crippen molar-refractivity contribution in [1.29, 1.82) is 0 Å². The summed E-state index contributed by atoms with van der Waals surface area (Å²) in [5.41, 5.74) is 0.291. The summed E-state index contributed by atoms with van der Waals surface area (Å²) in [6.07, 6.45) is 0. The fourth-order valence-electron chi connectivity index (χ4n) is 0.949. The van der Waals surface area contributed by atoms with Crippen LogP contribution in [0.15, 0.2) is 29.5 Å². The zero-order valence-corrected chi connectivity index (χ0v) is 7.77. The Morgan fingerprint density at radius 2 is 1.87 bits per heavy atom. The van der Waals surface area contributed by atoms with Gasteiger partial charge in [-0.05, 0) is 12.1 Å². The summed E-state index contributed by atoms with van der Waals surface area (Å²) in [7, 11) is 1.36. The van der Waals surface area contributed by atoms with E-state index in [1.807, 2.05) is 0 Å². The molecular formula is C7H8N4O4. The quantitative estimate of drug-likeness (QED) is 0.352. The van der Waals surface area contributed by atoms with Crippen LogP contribution in [-0.4, -0.2) is 22.1 Å². The van der Waals surface area contributed by atoms with Crippen LogP contribution in [0.1, 0.15) is 0 Å². The molecule has 0 atom stereocenters. The lowest BCUT2D eigenvalue weighted by molar-refractivity contribution is -0.564. The molecule has 80 valence electrons. The van der Waals surface area contributed by atoms with Gasteiger partial charge in [-0.3, -0.25) is 10.1 Å². The molecule has 0 amide bonds. The fraction of sp³-hybridized carbons (Fsp3) is 0.143. The maximum Gasteiger partial charge on any atom is 0.269 e. The SMILES string of the molecule is CN(c1ccc([N+](=O)[O-])cc1)/[N+]([O-])=N/O. The Hall–Kier alpha value is -2.38. The van der Waals surface area contributed by atoms with Crippen molar-refractivity contribution in [2.45, 2.75) is 0 Å². The van der Waals surface area contributed by atoms with Crippen molar-refractivity contribution in [2.75, 3.05) is 12.1 Å². The molecule has 0 spiro atoms. The van der Waals surface area contributed by atoms with Crippen LogP contribution < -0.4 is 5.01 Å². The van der Waals surface area contributed by atoms with Gasteiger partial charge in [0.25, 0.3) is 5.69 Å². The average molecular weight is 212 g/mol. The van der Waals surface area contributed by atoms with Gasteiger partial charge in [-0.2, -0.15) is 0 Å². The van der Waals surface area contributed by atoms with Gasteiger partial charge in [0.15, 0.2) is 0 Å². The second-order valence-corrected chi connectivity index (χ2v) is 2.64. The average Bonchev–Trinajstić information content (AvgIpc) is 2.27. The van der Waals surface area contributed by atoms with E-state index in [1.54, 1.807) is 0 Å². The molecule has 0 aliphatic carbocycles. The molecule has 0 saturated carbocycles. The minimum Gasteiger partial charge on any atom is -0.569 e. The van der Waals surface area contributed by atoms with Gasteiger partial charge in [-0.25, -0.2) is 0 Å².